The average molecular weight is 372 g/mol. The maximum atomic E-state index is 11.9. The van der Waals surface area contributed by atoms with Crippen molar-refractivity contribution in [2.24, 2.45) is 0 Å². The molecule has 0 saturated carbocycles. The standard InChI is InChI=1S/C15H14ClNO6S/c1-17-14(19)11(24-15(17)20)6-8-4-9(16)13(10(5-8)21-2)23-7-12(18)22-3/h4-6H,7H2,1-3H3. The van der Waals surface area contributed by atoms with Crippen LogP contribution in [0.2, 0.25) is 5.02 Å². The van der Waals surface area contributed by atoms with Gasteiger partial charge in [-0.05, 0) is 35.5 Å². The molecular formula is C15H14ClNO6S. The second-order valence-electron chi connectivity index (χ2n) is 4.64. The summed E-state index contributed by atoms with van der Waals surface area (Å²) >= 11 is 7.00. The largest absolute Gasteiger partial charge is 0.493 e. The Bertz CT molecular complexity index is 733. The van der Waals surface area contributed by atoms with Gasteiger partial charge in [-0.25, -0.2) is 4.79 Å². The van der Waals surface area contributed by atoms with E-state index in [0.29, 0.717) is 5.56 Å². The van der Waals surface area contributed by atoms with Crippen molar-refractivity contribution >= 4 is 46.6 Å². The van der Waals surface area contributed by atoms with E-state index in [9.17, 15) is 14.4 Å². The van der Waals surface area contributed by atoms with Gasteiger partial charge in [0.15, 0.2) is 18.1 Å². The van der Waals surface area contributed by atoms with Gasteiger partial charge in [-0.1, -0.05) is 11.6 Å². The third-order valence-corrected chi connectivity index (χ3v) is 4.34. The zero-order valence-corrected chi connectivity index (χ0v) is 14.7. The SMILES string of the molecule is COC(=O)COc1c(Cl)cc(C=C2SC(=O)N(C)C2=O)cc1OC. The molecule has 0 spiro atoms. The highest BCUT2D eigenvalue weighted by Crippen LogP contribution is 2.38. The molecule has 0 unspecified atom stereocenters. The lowest BCUT2D eigenvalue weighted by Gasteiger charge is -2.12. The van der Waals surface area contributed by atoms with Gasteiger partial charge in [-0.15, -0.1) is 0 Å². The molecule has 0 N–H and O–H groups in total. The Balaban J connectivity index is 2.31. The molecule has 0 aliphatic carbocycles. The lowest BCUT2D eigenvalue weighted by molar-refractivity contribution is -0.142. The van der Waals surface area contributed by atoms with E-state index < -0.39 is 5.97 Å². The van der Waals surface area contributed by atoms with Crippen LogP contribution in [-0.4, -0.2) is 49.9 Å². The zero-order valence-electron chi connectivity index (χ0n) is 13.1. The molecule has 2 amide bonds. The predicted molar refractivity (Wildman–Crippen MR) is 89.2 cm³/mol. The Morgan fingerprint density at radius 3 is 2.58 bits per heavy atom. The molecule has 24 heavy (non-hydrogen) atoms. The van der Waals surface area contributed by atoms with Crippen LogP contribution in [0.3, 0.4) is 0 Å². The van der Waals surface area contributed by atoms with Crippen LogP contribution in [0.5, 0.6) is 11.5 Å². The van der Waals surface area contributed by atoms with E-state index in [1.54, 1.807) is 12.1 Å². The molecule has 0 radical (unpaired) electrons. The fourth-order valence-electron chi connectivity index (χ4n) is 1.85. The Morgan fingerprint density at radius 1 is 1.33 bits per heavy atom. The van der Waals surface area contributed by atoms with Gasteiger partial charge < -0.3 is 14.2 Å². The second-order valence-corrected chi connectivity index (χ2v) is 6.04. The molecule has 9 heteroatoms. The lowest BCUT2D eigenvalue weighted by atomic mass is 10.2. The number of ether oxygens (including phenoxy) is 3. The smallest absolute Gasteiger partial charge is 0.343 e. The molecule has 1 aliphatic rings. The van der Waals surface area contributed by atoms with Gasteiger partial charge in [0.2, 0.25) is 0 Å². The quantitative estimate of drug-likeness (QED) is 0.581. The molecule has 128 valence electrons. The van der Waals surface area contributed by atoms with E-state index in [1.165, 1.54) is 27.3 Å². The first-order chi connectivity index (χ1) is 11.4. The van der Waals surface area contributed by atoms with Gasteiger partial charge in [0.05, 0.1) is 24.1 Å². The summed E-state index contributed by atoms with van der Waals surface area (Å²) < 4.78 is 15.0. The molecule has 1 saturated heterocycles. The van der Waals surface area contributed by atoms with E-state index in [2.05, 4.69) is 4.74 Å². The number of carbonyl (C=O) groups is 3. The van der Waals surface area contributed by atoms with Crippen LogP contribution in [0.25, 0.3) is 6.08 Å². The number of hydrogen-bond donors (Lipinski definition) is 0. The zero-order chi connectivity index (χ0) is 17.9. The Hall–Kier alpha value is -2.19. The number of carbonyl (C=O) groups excluding carboxylic acids is 3. The minimum absolute atomic E-state index is 0.185. The van der Waals surface area contributed by atoms with E-state index in [-0.39, 0.29) is 39.2 Å². The van der Waals surface area contributed by atoms with Gasteiger partial charge in [0, 0.05) is 7.05 Å². The molecular weight excluding hydrogens is 358 g/mol. The third kappa shape index (κ3) is 3.82. The molecule has 0 atom stereocenters. The maximum Gasteiger partial charge on any atom is 0.343 e. The number of rotatable bonds is 5. The fraction of sp³-hybridized carbons (Fsp3) is 0.267. The summed E-state index contributed by atoms with van der Waals surface area (Å²) in [6.07, 6.45) is 1.53. The van der Waals surface area contributed by atoms with Gasteiger partial charge in [-0.3, -0.25) is 14.5 Å². The maximum absolute atomic E-state index is 11.9. The van der Waals surface area contributed by atoms with Crippen LogP contribution in [-0.2, 0) is 14.3 Å². The van der Waals surface area contributed by atoms with E-state index >= 15 is 0 Å². The number of hydrogen-bond acceptors (Lipinski definition) is 7. The van der Waals surface area contributed by atoms with Crippen molar-refractivity contribution in [2.75, 3.05) is 27.9 Å². The molecule has 1 aromatic carbocycles. The topological polar surface area (TPSA) is 82.1 Å². The monoisotopic (exact) mass is 371 g/mol. The first kappa shape index (κ1) is 18.2. The number of benzene rings is 1. The normalized spacial score (nSPS) is 15.8. The summed E-state index contributed by atoms with van der Waals surface area (Å²) in [5.74, 6) is -0.474. The molecule has 1 aliphatic heterocycles. The number of halogens is 1. The number of likely N-dealkylation sites (N-methyl/N-ethyl adjacent to an activating group) is 1. The van der Waals surface area contributed by atoms with Gasteiger partial charge in [0.25, 0.3) is 11.1 Å². The van der Waals surface area contributed by atoms with Crippen LogP contribution in [0.4, 0.5) is 4.79 Å². The van der Waals surface area contributed by atoms with Crippen molar-refractivity contribution in [2.45, 2.75) is 0 Å². The van der Waals surface area contributed by atoms with Gasteiger partial charge in [-0.2, -0.15) is 0 Å². The number of esters is 1. The van der Waals surface area contributed by atoms with Crippen molar-refractivity contribution in [3.05, 3.63) is 27.6 Å². The van der Waals surface area contributed by atoms with Crippen molar-refractivity contribution in [1.82, 2.24) is 4.90 Å². The second kappa shape index (κ2) is 7.59. The highest BCUT2D eigenvalue weighted by molar-refractivity contribution is 8.18. The highest BCUT2D eigenvalue weighted by Gasteiger charge is 2.31. The van der Waals surface area contributed by atoms with Crippen molar-refractivity contribution in [3.63, 3.8) is 0 Å². The third-order valence-electron chi connectivity index (χ3n) is 3.10. The van der Waals surface area contributed by atoms with Crippen molar-refractivity contribution < 1.29 is 28.6 Å². The summed E-state index contributed by atoms with van der Waals surface area (Å²) in [7, 11) is 4.07. The predicted octanol–water partition coefficient (Wildman–Crippen LogP) is 2.57. The van der Waals surface area contributed by atoms with Crippen LogP contribution in [0.15, 0.2) is 17.0 Å². The molecule has 7 nitrogen and oxygen atoms in total. The highest BCUT2D eigenvalue weighted by atomic mass is 35.5. The minimum atomic E-state index is -0.561. The minimum Gasteiger partial charge on any atom is -0.493 e. The summed E-state index contributed by atoms with van der Waals surface area (Å²) in [5.41, 5.74) is 0.557. The van der Waals surface area contributed by atoms with Crippen molar-refractivity contribution in [1.29, 1.82) is 0 Å². The summed E-state index contributed by atoms with van der Waals surface area (Å²) in [6, 6.07) is 3.13. The summed E-state index contributed by atoms with van der Waals surface area (Å²) in [6.45, 7) is -0.319. The molecule has 0 bridgehead atoms. The van der Waals surface area contributed by atoms with Crippen molar-refractivity contribution in [3.8, 4) is 11.5 Å². The molecule has 1 aromatic rings. The molecule has 1 fully saturated rings. The average Bonchev–Trinajstić information content (AvgIpc) is 2.80. The summed E-state index contributed by atoms with van der Waals surface area (Å²) in [4.78, 5) is 35.9. The van der Waals surface area contributed by atoms with Gasteiger partial charge in [0.1, 0.15) is 0 Å². The van der Waals surface area contributed by atoms with E-state index in [4.69, 9.17) is 21.1 Å². The Kier molecular flexibility index (Phi) is 5.74. The lowest BCUT2D eigenvalue weighted by Crippen LogP contribution is -2.22. The fourth-order valence-corrected chi connectivity index (χ4v) is 2.95. The first-order valence-corrected chi connectivity index (χ1v) is 7.85. The number of imide groups is 1. The number of methoxy groups -OCH3 is 2. The van der Waals surface area contributed by atoms with E-state index in [1.807, 2.05) is 0 Å². The molecule has 2 rings (SSSR count). The Labute approximate surface area is 147 Å². The van der Waals surface area contributed by atoms with Crippen LogP contribution < -0.4 is 9.47 Å². The number of amides is 2. The van der Waals surface area contributed by atoms with E-state index in [0.717, 1.165) is 16.7 Å². The Morgan fingerprint density at radius 2 is 2.04 bits per heavy atom. The first-order valence-electron chi connectivity index (χ1n) is 6.66. The van der Waals surface area contributed by atoms with Gasteiger partial charge >= 0.3 is 5.97 Å². The number of nitrogens with zero attached hydrogens (tertiary/aromatic N) is 1. The summed E-state index contributed by atoms with van der Waals surface area (Å²) in [5, 5.41) is -0.150. The molecule has 1 heterocycles. The van der Waals surface area contributed by atoms with Crippen LogP contribution >= 0.6 is 23.4 Å². The van der Waals surface area contributed by atoms with Crippen LogP contribution in [0, 0.1) is 0 Å². The molecule has 0 aromatic heterocycles. The number of thioether (sulfide) groups is 1. The van der Waals surface area contributed by atoms with Crippen LogP contribution in [0.1, 0.15) is 5.56 Å².